The molecule has 1 aliphatic carbocycles. The maximum atomic E-state index is 4.46. The van der Waals surface area contributed by atoms with Gasteiger partial charge < -0.3 is 0 Å². The Hall–Kier alpha value is -0.790. The highest BCUT2D eigenvalue weighted by Crippen LogP contribution is 2.37. The summed E-state index contributed by atoms with van der Waals surface area (Å²) in [5, 5.41) is 4.46. The standard InChI is InChI=1S/C11H16N2/c1-2-5-9(4-1)10-8-12-13-7-3-6-11(10)13/h8-9H,1-7H2. The summed E-state index contributed by atoms with van der Waals surface area (Å²) in [4.78, 5) is 0. The Balaban J connectivity index is 1.95. The Bertz CT molecular complexity index is 308. The quantitative estimate of drug-likeness (QED) is 0.642. The fourth-order valence-corrected chi connectivity index (χ4v) is 2.87. The summed E-state index contributed by atoms with van der Waals surface area (Å²) in [5.41, 5.74) is 3.13. The molecule has 0 aromatic carbocycles. The largest absolute Gasteiger partial charge is 0.269 e. The molecule has 3 rings (SSSR count). The van der Waals surface area contributed by atoms with Crippen LogP contribution in [0.2, 0.25) is 0 Å². The molecular weight excluding hydrogens is 160 g/mol. The fourth-order valence-electron chi connectivity index (χ4n) is 2.87. The summed E-state index contributed by atoms with van der Waals surface area (Å²) in [6, 6.07) is 0. The minimum absolute atomic E-state index is 0.849. The lowest BCUT2D eigenvalue weighted by molar-refractivity contribution is 0.656. The van der Waals surface area contributed by atoms with Crippen LogP contribution in [0.25, 0.3) is 0 Å². The van der Waals surface area contributed by atoms with E-state index in [1.165, 1.54) is 38.5 Å². The zero-order valence-electron chi connectivity index (χ0n) is 8.00. The van der Waals surface area contributed by atoms with Gasteiger partial charge in [-0.15, -0.1) is 0 Å². The molecule has 1 saturated carbocycles. The smallest absolute Gasteiger partial charge is 0.0527 e. The first-order chi connectivity index (χ1) is 6.45. The second-order valence-corrected chi connectivity index (χ2v) is 4.35. The molecule has 0 saturated heterocycles. The Morgan fingerprint density at radius 2 is 2.08 bits per heavy atom. The molecule has 2 nitrogen and oxygen atoms in total. The predicted octanol–water partition coefficient (Wildman–Crippen LogP) is 2.49. The molecule has 1 fully saturated rings. The molecule has 0 unspecified atom stereocenters. The van der Waals surface area contributed by atoms with E-state index in [1.54, 1.807) is 11.3 Å². The minimum atomic E-state index is 0.849. The van der Waals surface area contributed by atoms with E-state index in [4.69, 9.17) is 0 Å². The second kappa shape index (κ2) is 2.86. The number of aryl methyl sites for hydroxylation is 1. The van der Waals surface area contributed by atoms with Crippen molar-refractivity contribution in [2.24, 2.45) is 0 Å². The van der Waals surface area contributed by atoms with Crippen molar-refractivity contribution in [1.29, 1.82) is 0 Å². The number of rotatable bonds is 1. The summed E-state index contributed by atoms with van der Waals surface area (Å²) in [7, 11) is 0. The molecule has 2 aliphatic rings. The molecule has 0 atom stereocenters. The molecule has 0 bridgehead atoms. The number of hydrogen-bond donors (Lipinski definition) is 0. The van der Waals surface area contributed by atoms with E-state index in [9.17, 15) is 0 Å². The van der Waals surface area contributed by atoms with Crippen LogP contribution in [0.1, 0.15) is 49.3 Å². The lowest BCUT2D eigenvalue weighted by Crippen LogP contribution is -1.97. The van der Waals surface area contributed by atoms with Crippen LogP contribution in [0, 0.1) is 0 Å². The molecule has 1 aliphatic heterocycles. The maximum Gasteiger partial charge on any atom is 0.0527 e. The molecule has 0 spiro atoms. The highest BCUT2D eigenvalue weighted by Gasteiger charge is 2.24. The van der Waals surface area contributed by atoms with Crippen LogP contribution < -0.4 is 0 Å². The van der Waals surface area contributed by atoms with E-state index in [2.05, 4.69) is 16.0 Å². The van der Waals surface area contributed by atoms with Crippen LogP contribution in [0.15, 0.2) is 6.20 Å². The van der Waals surface area contributed by atoms with Crippen molar-refractivity contribution < 1.29 is 0 Å². The summed E-state index contributed by atoms with van der Waals surface area (Å²) < 4.78 is 2.22. The van der Waals surface area contributed by atoms with Gasteiger partial charge in [0.2, 0.25) is 0 Å². The fraction of sp³-hybridized carbons (Fsp3) is 0.727. The van der Waals surface area contributed by atoms with E-state index < -0.39 is 0 Å². The number of hydrogen-bond acceptors (Lipinski definition) is 1. The van der Waals surface area contributed by atoms with Crippen molar-refractivity contribution >= 4 is 0 Å². The minimum Gasteiger partial charge on any atom is -0.269 e. The molecule has 2 heterocycles. The van der Waals surface area contributed by atoms with Crippen molar-refractivity contribution in [2.45, 2.75) is 51.0 Å². The first kappa shape index (κ1) is 7.60. The van der Waals surface area contributed by atoms with Crippen molar-refractivity contribution in [2.75, 3.05) is 0 Å². The van der Waals surface area contributed by atoms with E-state index >= 15 is 0 Å². The van der Waals surface area contributed by atoms with Crippen molar-refractivity contribution in [1.82, 2.24) is 9.78 Å². The third-order valence-electron chi connectivity index (χ3n) is 3.56. The summed E-state index contributed by atoms with van der Waals surface area (Å²) >= 11 is 0. The SMILES string of the molecule is c1nn2c(c1C1CCCC1)CCC2. The van der Waals surface area contributed by atoms with Gasteiger partial charge >= 0.3 is 0 Å². The topological polar surface area (TPSA) is 17.8 Å². The first-order valence-corrected chi connectivity index (χ1v) is 5.50. The Morgan fingerprint density at radius 1 is 1.23 bits per heavy atom. The third-order valence-corrected chi connectivity index (χ3v) is 3.56. The third kappa shape index (κ3) is 1.11. The van der Waals surface area contributed by atoms with E-state index in [0.717, 1.165) is 12.5 Å². The highest BCUT2D eigenvalue weighted by atomic mass is 15.3. The van der Waals surface area contributed by atoms with Crippen LogP contribution in [0.5, 0.6) is 0 Å². The summed E-state index contributed by atoms with van der Waals surface area (Å²) in [6.07, 6.45) is 10.4. The zero-order chi connectivity index (χ0) is 8.67. The molecule has 0 radical (unpaired) electrons. The van der Waals surface area contributed by atoms with Crippen molar-refractivity contribution in [3.8, 4) is 0 Å². The van der Waals surface area contributed by atoms with Gasteiger partial charge in [0, 0.05) is 12.2 Å². The summed E-state index contributed by atoms with van der Waals surface area (Å²) in [5.74, 6) is 0.849. The monoisotopic (exact) mass is 176 g/mol. The van der Waals surface area contributed by atoms with Gasteiger partial charge in [-0.3, -0.25) is 4.68 Å². The highest BCUT2D eigenvalue weighted by molar-refractivity contribution is 5.25. The van der Waals surface area contributed by atoms with Crippen LogP contribution in [-0.4, -0.2) is 9.78 Å². The zero-order valence-corrected chi connectivity index (χ0v) is 8.00. The Labute approximate surface area is 78.9 Å². The van der Waals surface area contributed by atoms with Crippen LogP contribution >= 0.6 is 0 Å². The van der Waals surface area contributed by atoms with Crippen molar-refractivity contribution in [3.05, 3.63) is 17.5 Å². The van der Waals surface area contributed by atoms with Gasteiger partial charge in [-0.25, -0.2) is 0 Å². The molecule has 0 N–H and O–H groups in total. The van der Waals surface area contributed by atoms with E-state index in [0.29, 0.717) is 0 Å². The molecule has 1 aromatic heterocycles. The first-order valence-electron chi connectivity index (χ1n) is 5.50. The molecule has 0 amide bonds. The molecular formula is C11H16N2. The normalized spacial score (nSPS) is 22.5. The average molecular weight is 176 g/mol. The predicted molar refractivity (Wildman–Crippen MR) is 51.8 cm³/mol. The maximum absolute atomic E-state index is 4.46. The van der Waals surface area contributed by atoms with E-state index in [1.807, 2.05) is 0 Å². The molecule has 70 valence electrons. The van der Waals surface area contributed by atoms with Gasteiger partial charge in [-0.1, -0.05) is 12.8 Å². The van der Waals surface area contributed by atoms with Gasteiger partial charge in [-0.2, -0.15) is 5.10 Å². The molecule has 2 heteroatoms. The van der Waals surface area contributed by atoms with Gasteiger partial charge in [0.05, 0.1) is 6.20 Å². The van der Waals surface area contributed by atoms with Gasteiger partial charge in [0.1, 0.15) is 0 Å². The van der Waals surface area contributed by atoms with E-state index in [-0.39, 0.29) is 0 Å². The van der Waals surface area contributed by atoms with Crippen LogP contribution in [-0.2, 0) is 13.0 Å². The number of nitrogens with zero attached hydrogens (tertiary/aromatic N) is 2. The Morgan fingerprint density at radius 3 is 2.92 bits per heavy atom. The average Bonchev–Trinajstić information content (AvgIpc) is 2.79. The second-order valence-electron chi connectivity index (χ2n) is 4.35. The number of fused-ring (bicyclic) bond motifs is 1. The van der Waals surface area contributed by atoms with Gasteiger partial charge in [0.15, 0.2) is 0 Å². The van der Waals surface area contributed by atoms with Crippen LogP contribution in [0.4, 0.5) is 0 Å². The van der Waals surface area contributed by atoms with Crippen molar-refractivity contribution in [3.63, 3.8) is 0 Å². The number of aromatic nitrogens is 2. The summed E-state index contributed by atoms with van der Waals surface area (Å²) in [6.45, 7) is 1.15. The molecule has 1 aromatic rings. The van der Waals surface area contributed by atoms with Gasteiger partial charge in [0.25, 0.3) is 0 Å². The lowest BCUT2D eigenvalue weighted by atomic mass is 9.97. The van der Waals surface area contributed by atoms with Gasteiger partial charge in [-0.05, 0) is 37.2 Å². The molecule has 13 heavy (non-hydrogen) atoms. The van der Waals surface area contributed by atoms with Crippen LogP contribution in [0.3, 0.4) is 0 Å². The Kier molecular flexibility index (Phi) is 1.67. The lowest BCUT2D eigenvalue weighted by Gasteiger charge is -2.07.